The third kappa shape index (κ3) is 6.54. The third-order valence-corrected chi connectivity index (χ3v) is 5.06. The number of nitrogens with zero attached hydrogens (tertiary/aromatic N) is 4. The number of hydrogen-bond donors (Lipinski definition) is 0. The number of nitro groups is 4. The van der Waals surface area contributed by atoms with E-state index in [4.69, 9.17) is 9.47 Å². The maximum absolute atomic E-state index is 13.3. The van der Waals surface area contributed by atoms with Crippen LogP contribution in [-0.2, 0) is 12.4 Å². The lowest BCUT2D eigenvalue weighted by Crippen LogP contribution is -2.19. The van der Waals surface area contributed by atoms with Crippen LogP contribution in [0.2, 0.25) is 0 Å². The van der Waals surface area contributed by atoms with Crippen LogP contribution in [-0.4, -0.2) is 19.7 Å². The lowest BCUT2D eigenvalue weighted by atomic mass is 10.1. The lowest BCUT2D eigenvalue weighted by Gasteiger charge is -2.21. The van der Waals surface area contributed by atoms with Crippen LogP contribution in [0.3, 0.4) is 0 Å². The fourth-order valence-corrected chi connectivity index (χ4v) is 3.29. The van der Waals surface area contributed by atoms with E-state index in [2.05, 4.69) is 0 Å². The number of halogens is 6. The molecule has 0 saturated carbocycles. The van der Waals surface area contributed by atoms with E-state index in [1.165, 1.54) is 18.2 Å². The number of benzene rings is 3. The predicted octanol–water partition coefficient (Wildman–Crippen LogP) is 6.51. The Labute approximate surface area is 220 Å². The highest BCUT2D eigenvalue weighted by atomic mass is 19.4. The minimum atomic E-state index is -5.30. The summed E-state index contributed by atoms with van der Waals surface area (Å²) in [6, 6.07) is 5.52. The molecule has 0 aromatic heterocycles. The van der Waals surface area contributed by atoms with Crippen molar-refractivity contribution in [3.63, 3.8) is 0 Å². The van der Waals surface area contributed by atoms with Gasteiger partial charge in [0.1, 0.15) is 0 Å². The van der Waals surface area contributed by atoms with E-state index in [0.29, 0.717) is 0 Å². The Hall–Kier alpha value is -5.56. The van der Waals surface area contributed by atoms with Crippen LogP contribution < -0.4 is 9.47 Å². The zero-order valence-corrected chi connectivity index (χ0v) is 19.4. The Bertz CT molecular complexity index is 1380. The standard InChI is InChI=1S/C21H10F6N4O10/c22-20(23,24)11-6-13(28(32)33)17(14(7-11)29(34)35)40-19(10-4-2-1-3-5-10)41-18-15(30(36)37)8-12(21(25,26)27)9-16(18)31(38)39/h1-9,19H. The summed E-state index contributed by atoms with van der Waals surface area (Å²) in [5.41, 5.74) is -10.4. The van der Waals surface area contributed by atoms with Crippen LogP contribution in [0.5, 0.6) is 11.5 Å². The summed E-state index contributed by atoms with van der Waals surface area (Å²) in [7, 11) is 0. The first-order chi connectivity index (χ1) is 18.9. The second-order valence-corrected chi connectivity index (χ2v) is 7.69. The number of nitro benzene ring substituents is 4. The molecule has 14 nitrogen and oxygen atoms in total. The molecule has 0 fully saturated rings. The van der Waals surface area contributed by atoms with Gasteiger partial charge < -0.3 is 9.47 Å². The van der Waals surface area contributed by atoms with Gasteiger partial charge in [-0.15, -0.1) is 0 Å². The van der Waals surface area contributed by atoms with E-state index < -0.39 is 83.7 Å². The van der Waals surface area contributed by atoms with Gasteiger partial charge in [-0.2, -0.15) is 26.3 Å². The van der Waals surface area contributed by atoms with Crippen molar-refractivity contribution >= 4 is 22.7 Å². The first kappa shape index (κ1) is 30.0. The molecule has 0 heterocycles. The van der Waals surface area contributed by atoms with Gasteiger partial charge in [-0.05, 0) is 0 Å². The van der Waals surface area contributed by atoms with E-state index in [0.717, 1.165) is 12.1 Å². The molecule has 216 valence electrons. The zero-order valence-electron chi connectivity index (χ0n) is 19.4. The fourth-order valence-electron chi connectivity index (χ4n) is 3.29. The molecule has 0 aliphatic carbocycles. The van der Waals surface area contributed by atoms with E-state index in [1.807, 2.05) is 0 Å². The molecule has 20 heteroatoms. The Kier molecular flexibility index (Phi) is 7.97. The normalized spacial score (nSPS) is 11.7. The van der Waals surface area contributed by atoms with E-state index in [-0.39, 0.29) is 29.8 Å². The molecule has 0 aliphatic heterocycles. The molecule has 3 aromatic carbocycles. The summed E-state index contributed by atoms with van der Waals surface area (Å²) in [6.45, 7) is 0. The van der Waals surface area contributed by atoms with Gasteiger partial charge >= 0.3 is 35.1 Å². The van der Waals surface area contributed by atoms with Crippen molar-refractivity contribution in [1.82, 2.24) is 0 Å². The lowest BCUT2D eigenvalue weighted by molar-refractivity contribution is -0.398. The molecule has 0 amide bonds. The van der Waals surface area contributed by atoms with E-state index in [1.54, 1.807) is 0 Å². The van der Waals surface area contributed by atoms with Gasteiger partial charge in [-0.25, -0.2) is 0 Å². The molecule has 0 spiro atoms. The molecule has 0 saturated heterocycles. The minimum Gasteiger partial charge on any atom is -0.437 e. The van der Waals surface area contributed by atoms with Crippen molar-refractivity contribution < 1.29 is 55.5 Å². The second kappa shape index (κ2) is 10.9. The van der Waals surface area contributed by atoms with Crippen LogP contribution in [0.4, 0.5) is 49.1 Å². The van der Waals surface area contributed by atoms with Gasteiger partial charge in [-0.3, -0.25) is 40.5 Å². The van der Waals surface area contributed by atoms with Gasteiger partial charge in [0.15, 0.2) is 0 Å². The summed E-state index contributed by atoms with van der Waals surface area (Å²) in [6.07, 6.45) is -13.0. The molecular weight excluding hydrogens is 582 g/mol. The molecule has 0 aliphatic rings. The summed E-state index contributed by atoms with van der Waals surface area (Å²) < 4.78 is 89.9. The number of alkyl halides is 6. The maximum Gasteiger partial charge on any atom is 0.416 e. The Morgan fingerprint density at radius 2 is 0.854 bits per heavy atom. The predicted molar refractivity (Wildman–Crippen MR) is 120 cm³/mol. The average Bonchev–Trinajstić information content (AvgIpc) is 2.86. The second-order valence-electron chi connectivity index (χ2n) is 7.69. The average molecular weight is 592 g/mol. The Morgan fingerprint density at radius 3 is 1.10 bits per heavy atom. The number of ether oxygens (including phenoxy) is 2. The van der Waals surface area contributed by atoms with Gasteiger partial charge in [0.05, 0.1) is 30.8 Å². The van der Waals surface area contributed by atoms with Crippen molar-refractivity contribution in [2.75, 3.05) is 0 Å². The fraction of sp³-hybridized carbons (Fsp3) is 0.143. The van der Waals surface area contributed by atoms with Crippen LogP contribution in [0.15, 0.2) is 54.6 Å². The SMILES string of the molecule is O=[N+]([O-])c1cc(C(F)(F)F)cc([N+](=O)[O-])c1OC(Oc1c([N+](=O)[O-])cc(C(F)(F)F)cc1[N+](=O)[O-])c1ccccc1. The first-order valence-corrected chi connectivity index (χ1v) is 10.4. The van der Waals surface area contributed by atoms with Crippen molar-refractivity contribution in [3.05, 3.63) is 112 Å². The molecule has 0 N–H and O–H groups in total. The van der Waals surface area contributed by atoms with Gasteiger partial charge in [0.25, 0.3) is 17.8 Å². The molecule has 0 radical (unpaired) electrons. The summed E-state index contributed by atoms with van der Waals surface area (Å²) in [5.74, 6) is -2.92. The molecule has 3 aromatic rings. The highest BCUT2D eigenvalue weighted by Gasteiger charge is 2.42. The topological polar surface area (TPSA) is 191 Å². The van der Waals surface area contributed by atoms with Gasteiger partial charge in [0.2, 0.25) is 0 Å². The molecule has 0 bridgehead atoms. The third-order valence-electron chi connectivity index (χ3n) is 5.06. The summed E-state index contributed by atoms with van der Waals surface area (Å²) in [5, 5.41) is 46.3. The highest BCUT2D eigenvalue weighted by Crippen LogP contribution is 2.47. The van der Waals surface area contributed by atoms with Crippen molar-refractivity contribution in [2.45, 2.75) is 18.6 Å². The summed E-state index contributed by atoms with van der Waals surface area (Å²) in [4.78, 5) is 40.4. The Balaban J connectivity index is 2.31. The quantitative estimate of drug-likeness (QED) is 0.114. The number of rotatable bonds is 9. The smallest absolute Gasteiger partial charge is 0.416 e. The monoisotopic (exact) mass is 592 g/mol. The first-order valence-electron chi connectivity index (χ1n) is 10.4. The van der Waals surface area contributed by atoms with Gasteiger partial charge in [-0.1, -0.05) is 30.3 Å². The minimum absolute atomic E-state index is 0.118. The summed E-state index contributed by atoms with van der Waals surface area (Å²) >= 11 is 0. The van der Waals surface area contributed by atoms with E-state index >= 15 is 0 Å². The largest absolute Gasteiger partial charge is 0.437 e. The van der Waals surface area contributed by atoms with Crippen LogP contribution in [0, 0.1) is 40.5 Å². The van der Waals surface area contributed by atoms with Crippen molar-refractivity contribution in [1.29, 1.82) is 0 Å². The molecule has 0 unspecified atom stereocenters. The zero-order chi connectivity index (χ0) is 30.9. The van der Waals surface area contributed by atoms with Gasteiger partial charge in [0, 0.05) is 29.8 Å². The molecule has 41 heavy (non-hydrogen) atoms. The van der Waals surface area contributed by atoms with E-state index in [9.17, 15) is 66.8 Å². The van der Waals surface area contributed by atoms with Crippen molar-refractivity contribution in [3.8, 4) is 11.5 Å². The maximum atomic E-state index is 13.3. The molecule has 0 atom stereocenters. The van der Waals surface area contributed by atoms with Crippen molar-refractivity contribution in [2.24, 2.45) is 0 Å². The molecule has 3 rings (SSSR count). The molecular formula is C21H10F6N4O10. The van der Waals surface area contributed by atoms with Crippen LogP contribution in [0.1, 0.15) is 23.0 Å². The Morgan fingerprint density at radius 1 is 0.561 bits per heavy atom. The number of hydrogen-bond acceptors (Lipinski definition) is 10. The highest BCUT2D eigenvalue weighted by molar-refractivity contribution is 5.64. The van der Waals surface area contributed by atoms with Crippen LogP contribution in [0.25, 0.3) is 0 Å². The van der Waals surface area contributed by atoms with Crippen LogP contribution >= 0.6 is 0 Å².